The Morgan fingerprint density at radius 3 is 2.64 bits per heavy atom. The first kappa shape index (κ1) is 11.7. The molecule has 0 N–H and O–H groups in total. The molecule has 0 aliphatic rings. The van der Waals surface area contributed by atoms with Crippen molar-refractivity contribution < 1.29 is 9.53 Å². The van der Waals surface area contributed by atoms with Gasteiger partial charge in [-0.1, -0.05) is 15.9 Å². The molecule has 0 bridgehead atoms. The van der Waals surface area contributed by atoms with Gasteiger partial charge in [0.1, 0.15) is 5.75 Å². The van der Waals surface area contributed by atoms with Crippen LogP contribution in [0.5, 0.6) is 5.75 Å². The Morgan fingerprint density at radius 2 is 2.14 bits per heavy atom. The van der Waals surface area contributed by atoms with Crippen LogP contribution < -0.4 is 4.74 Å². The summed E-state index contributed by atoms with van der Waals surface area (Å²) in [7, 11) is 1.56. The number of hydrogen-bond acceptors (Lipinski definition) is 2. The summed E-state index contributed by atoms with van der Waals surface area (Å²) in [6.07, 6.45) is 0. The number of carbonyl (C=O) groups is 1. The van der Waals surface area contributed by atoms with Crippen LogP contribution in [0.4, 0.5) is 0 Å². The fourth-order valence-electron chi connectivity index (χ4n) is 1.21. The van der Waals surface area contributed by atoms with Gasteiger partial charge >= 0.3 is 0 Å². The van der Waals surface area contributed by atoms with Crippen molar-refractivity contribution in [1.82, 2.24) is 0 Å². The van der Waals surface area contributed by atoms with E-state index < -0.39 is 0 Å². The molecule has 14 heavy (non-hydrogen) atoms. The van der Waals surface area contributed by atoms with Crippen molar-refractivity contribution in [3.63, 3.8) is 0 Å². The Labute approximate surface area is 99.9 Å². The van der Waals surface area contributed by atoms with Crippen LogP contribution in [0.1, 0.15) is 15.9 Å². The van der Waals surface area contributed by atoms with Gasteiger partial charge in [-0.2, -0.15) is 0 Å². The highest BCUT2D eigenvalue weighted by Gasteiger charge is 2.15. The van der Waals surface area contributed by atoms with Crippen LogP contribution in [0.3, 0.4) is 0 Å². The smallest absolute Gasteiger partial charge is 0.178 e. The molecule has 0 spiro atoms. The number of ether oxygens (including phenoxy) is 1. The van der Waals surface area contributed by atoms with Gasteiger partial charge in [-0.25, -0.2) is 0 Å². The van der Waals surface area contributed by atoms with E-state index in [-0.39, 0.29) is 5.78 Å². The quantitative estimate of drug-likeness (QED) is 0.630. The summed E-state index contributed by atoms with van der Waals surface area (Å²) in [4.78, 5) is 11.6. The van der Waals surface area contributed by atoms with Crippen molar-refractivity contribution in [3.8, 4) is 5.75 Å². The van der Waals surface area contributed by atoms with Gasteiger partial charge in [-0.3, -0.25) is 4.79 Å². The van der Waals surface area contributed by atoms with Crippen LogP contribution in [0.2, 0.25) is 0 Å². The summed E-state index contributed by atoms with van der Waals surface area (Å²) in [5.74, 6) is 0.620. The normalized spacial score (nSPS) is 10.0. The summed E-state index contributed by atoms with van der Waals surface area (Å²) in [6, 6.07) is 3.75. The van der Waals surface area contributed by atoms with Crippen LogP contribution >= 0.6 is 31.9 Å². The van der Waals surface area contributed by atoms with E-state index in [1.807, 2.05) is 19.1 Å². The Balaban J connectivity index is 3.32. The average molecular weight is 322 g/mol. The summed E-state index contributed by atoms with van der Waals surface area (Å²) >= 11 is 6.50. The number of halogens is 2. The first-order chi connectivity index (χ1) is 6.60. The van der Waals surface area contributed by atoms with E-state index in [0.717, 1.165) is 10.0 Å². The number of hydrogen-bond donors (Lipinski definition) is 0. The second-order valence-corrected chi connectivity index (χ2v) is 4.30. The monoisotopic (exact) mass is 320 g/mol. The fraction of sp³-hybridized carbons (Fsp3) is 0.300. The van der Waals surface area contributed by atoms with Crippen molar-refractivity contribution in [1.29, 1.82) is 0 Å². The third-order valence-corrected chi connectivity index (χ3v) is 2.95. The largest absolute Gasteiger partial charge is 0.496 e. The number of alkyl halides is 1. The number of aryl methyl sites for hydroxylation is 1. The second-order valence-electron chi connectivity index (χ2n) is 2.88. The SMILES string of the molecule is COc1cc(C)cc(Br)c1C(=O)CBr. The van der Waals surface area contributed by atoms with Crippen molar-refractivity contribution in [2.75, 3.05) is 12.4 Å². The zero-order valence-electron chi connectivity index (χ0n) is 7.93. The van der Waals surface area contributed by atoms with E-state index in [0.29, 0.717) is 16.6 Å². The molecule has 4 heteroatoms. The van der Waals surface area contributed by atoms with Crippen LogP contribution in [0.15, 0.2) is 16.6 Å². The molecule has 0 aliphatic carbocycles. The maximum Gasteiger partial charge on any atom is 0.178 e. The molecule has 0 saturated carbocycles. The van der Waals surface area contributed by atoms with E-state index in [1.165, 1.54) is 0 Å². The van der Waals surface area contributed by atoms with Gasteiger partial charge in [0.25, 0.3) is 0 Å². The summed E-state index contributed by atoms with van der Waals surface area (Å²) < 4.78 is 5.93. The van der Waals surface area contributed by atoms with Crippen LogP contribution in [-0.4, -0.2) is 18.2 Å². The summed E-state index contributed by atoms with van der Waals surface area (Å²) in [6.45, 7) is 1.95. The lowest BCUT2D eigenvalue weighted by Gasteiger charge is -2.09. The average Bonchev–Trinajstić information content (AvgIpc) is 2.15. The molecule has 1 aromatic carbocycles. The molecular weight excluding hydrogens is 312 g/mol. The third kappa shape index (κ3) is 2.36. The minimum absolute atomic E-state index is 0.00808. The number of rotatable bonds is 3. The van der Waals surface area contributed by atoms with Crippen LogP contribution in [-0.2, 0) is 0 Å². The molecule has 0 fully saturated rings. The molecule has 76 valence electrons. The van der Waals surface area contributed by atoms with Crippen molar-refractivity contribution in [2.24, 2.45) is 0 Å². The standard InChI is InChI=1S/C10H10Br2O2/c1-6-3-7(12)10(8(13)5-11)9(4-6)14-2/h3-4H,5H2,1-2H3. The molecule has 1 rings (SSSR count). The Bertz CT molecular complexity index is 361. The van der Waals surface area contributed by atoms with Gasteiger partial charge in [0.2, 0.25) is 0 Å². The number of carbonyl (C=O) groups excluding carboxylic acids is 1. The van der Waals surface area contributed by atoms with E-state index in [4.69, 9.17) is 4.74 Å². The molecule has 1 aromatic rings. The van der Waals surface area contributed by atoms with Crippen LogP contribution in [0.25, 0.3) is 0 Å². The zero-order chi connectivity index (χ0) is 10.7. The third-order valence-electron chi connectivity index (χ3n) is 1.82. The summed E-state index contributed by atoms with van der Waals surface area (Å²) in [5.41, 5.74) is 1.65. The molecule has 0 aliphatic heterocycles. The van der Waals surface area contributed by atoms with E-state index in [9.17, 15) is 4.79 Å². The lowest BCUT2D eigenvalue weighted by atomic mass is 10.1. The minimum Gasteiger partial charge on any atom is -0.496 e. The maximum absolute atomic E-state index is 11.6. The Kier molecular flexibility index (Phi) is 4.13. The number of methoxy groups -OCH3 is 1. The summed E-state index contributed by atoms with van der Waals surface area (Å²) in [5, 5.41) is 0.297. The predicted molar refractivity (Wildman–Crippen MR) is 63.6 cm³/mol. The topological polar surface area (TPSA) is 26.3 Å². The number of ketones is 1. The van der Waals surface area contributed by atoms with E-state index in [2.05, 4.69) is 31.9 Å². The van der Waals surface area contributed by atoms with Crippen molar-refractivity contribution in [3.05, 3.63) is 27.7 Å². The Hall–Kier alpha value is -0.350. The van der Waals surface area contributed by atoms with Gasteiger partial charge in [0.15, 0.2) is 5.78 Å². The number of Topliss-reactive ketones (excluding diaryl/α,β-unsaturated/α-hetero) is 1. The van der Waals surface area contributed by atoms with E-state index in [1.54, 1.807) is 7.11 Å². The molecule has 0 amide bonds. The molecule has 2 nitrogen and oxygen atoms in total. The van der Waals surface area contributed by atoms with Crippen molar-refractivity contribution in [2.45, 2.75) is 6.92 Å². The molecule has 0 unspecified atom stereocenters. The highest BCUT2D eigenvalue weighted by atomic mass is 79.9. The first-order valence-corrected chi connectivity index (χ1v) is 5.95. The molecule has 0 aromatic heterocycles. The number of benzene rings is 1. The molecule has 0 saturated heterocycles. The highest BCUT2D eigenvalue weighted by Crippen LogP contribution is 2.29. The Morgan fingerprint density at radius 1 is 1.50 bits per heavy atom. The molecule has 0 atom stereocenters. The van der Waals surface area contributed by atoms with Gasteiger partial charge in [0, 0.05) is 4.47 Å². The molecule has 0 heterocycles. The van der Waals surface area contributed by atoms with E-state index >= 15 is 0 Å². The lowest BCUT2D eigenvalue weighted by Crippen LogP contribution is -2.04. The second kappa shape index (κ2) is 4.94. The van der Waals surface area contributed by atoms with Gasteiger partial charge in [-0.05, 0) is 40.5 Å². The zero-order valence-corrected chi connectivity index (χ0v) is 11.1. The van der Waals surface area contributed by atoms with Gasteiger partial charge in [0.05, 0.1) is 18.0 Å². The van der Waals surface area contributed by atoms with Crippen LogP contribution in [0, 0.1) is 6.92 Å². The highest BCUT2D eigenvalue weighted by molar-refractivity contribution is 9.10. The minimum atomic E-state index is 0.00808. The first-order valence-electron chi connectivity index (χ1n) is 4.03. The van der Waals surface area contributed by atoms with Crippen molar-refractivity contribution >= 4 is 37.6 Å². The fourth-order valence-corrected chi connectivity index (χ4v) is 2.27. The van der Waals surface area contributed by atoms with Gasteiger partial charge < -0.3 is 4.74 Å². The maximum atomic E-state index is 11.6. The molecule has 0 radical (unpaired) electrons. The molecular formula is C10H10Br2O2. The predicted octanol–water partition coefficient (Wildman–Crippen LogP) is 3.34. The van der Waals surface area contributed by atoms with Gasteiger partial charge in [-0.15, -0.1) is 0 Å². The lowest BCUT2D eigenvalue weighted by molar-refractivity contribution is 0.102.